The van der Waals surface area contributed by atoms with E-state index < -0.39 is 0 Å². The lowest BCUT2D eigenvalue weighted by Crippen LogP contribution is -2.46. The average Bonchev–Trinajstić information content (AvgIpc) is 2.91. The molecule has 1 saturated heterocycles. The highest BCUT2D eigenvalue weighted by Crippen LogP contribution is 2.19. The minimum atomic E-state index is 0.250. The number of benzene rings is 1. The first-order valence-electron chi connectivity index (χ1n) is 7.37. The molecule has 3 rings (SSSR count). The third-order valence-corrected chi connectivity index (χ3v) is 3.82. The van der Waals surface area contributed by atoms with Gasteiger partial charge in [0.1, 0.15) is 0 Å². The van der Waals surface area contributed by atoms with Gasteiger partial charge in [0.25, 0.3) is 0 Å². The van der Waals surface area contributed by atoms with E-state index in [9.17, 15) is 0 Å². The molecule has 5 nitrogen and oxygen atoms in total. The van der Waals surface area contributed by atoms with E-state index in [1.807, 2.05) is 12.1 Å². The Morgan fingerprint density at radius 1 is 1.33 bits per heavy atom. The van der Waals surface area contributed by atoms with Gasteiger partial charge < -0.3 is 9.26 Å². The SMILES string of the molecule is Cc1cccc(-c2noc(CN3C[C@@H](C)OC[C@H]3C)n2)c1. The largest absolute Gasteiger partial charge is 0.376 e. The van der Waals surface area contributed by atoms with Gasteiger partial charge in [-0.1, -0.05) is 28.9 Å². The van der Waals surface area contributed by atoms with Crippen LogP contribution in [0.25, 0.3) is 11.4 Å². The molecule has 5 heteroatoms. The Labute approximate surface area is 124 Å². The van der Waals surface area contributed by atoms with Crippen molar-refractivity contribution in [2.24, 2.45) is 0 Å². The summed E-state index contributed by atoms with van der Waals surface area (Å²) in [5.41, 5.74) is 2.18. The Balaban J connectivity index is 1.73. The van der Waals surface area contributed by atoms with Crippen molar-refractivity contribution in [3.8, 4) is 11.4 Å². The quantitative estimate of drug-likeness (QED) is 0.868. The lowest BCUT2D eigenvalue weighted by molar-refractivity contribution is -0.0555. The smallest absolute Gasteiger partial charge is 0.241 e. The van der Waals surface area contributed by atoms with Gasteiger partial charge in [-0.3, -0.25) is 4.90 Å². The van der Waals surface area contributed by atoms with E-state index in [4.69, 9.17) is 9.26 Å². The summed E-state index contributed by atoms with van der Waals surface area (Å²) in [6.07, 6.45) is 0.250. The van der Waals surface area contributed by atoms with Gasteiger partial charge in [0.2, 0.25) is 11.7 Å². The number of rotatable bonds is 3. The summed E-state index contributed by atoms with van der Waals surface area (Å²) in [5, 5.41) is 4.09. The standard InChI is InChI=1S/C16H21N3O2/c1-11-5-4-6-14(7-11)16-17-15(21-18-16)9-19-8-13(3)20-10-12(19)2/h4-7,12-13H,8-10H2,1-3H3/t12-,13-/m1/s1. The lowest BCUT2D eigenvalue weighted by atomic mass is 10.1. The van der Waals surface area contributed by atoms with Gasteiger partial charge in [0.05, 0.1) is 19.3 Å². The highest BCUT2D eigenvalue weighted by molar-refractivity contribution is 5.55. The average molecular weight is 287 g/mol. The molecule has 2 aromatic rings. The summed E-state index contributed by atoms with van der Waals surface area (Å²) < 4.78 is 11.0. The van der Waals surface area contributed by atoms with Crippen LogP contribution in [-0.2, 0) is 11.3 Å². The third kappa shape index (κ3) is 3.31. The monoisotopic (exact) mass is 287 g/mol. The Kier molecular flexibility index (Phi) is 4.03. The first kappa shape index (κ1) is 14.2. The van der Waals surface area contributed by atoms with Crippen LogP contribution in [0, 0.1) is 6.92 Å². The van der Waals surface area contributed by atoms with Crippen molar-refractivity contribution in [2.75, 3.05) is 13.2 Å². The number of aromatic nitrogens is 2. The molecule has 1 aromatic heterocycles. The van der Waals surface area contributed by atoms with Gasteiger partial charge in [0.15, 0.2) is 0 Å². The summed E-state index contributed by atoms with van der Waals surface area (Å²) >= 11 is 0. The van der Waals surface area contributed by atoms with E-state index >= 15 is 0 Å². The van der Waals surface area contributed by atoms with Crippen LogP contribution < -0.4 is 0 Å². The third-order valence-electron chi connectivity index (χ3n) is 3.82. The van der Waals surface area contributed by atoms with Gasteiger partial charge in [-0.25, -0.2) is 0 Å². The van der Waals surface area contributed by atoms with Gasteiger partial charge >= 0.3 is 0 Å². The molecule has 0 saturated carbocycles. The normalized spacial score (nSPS) is 23.4. The van der Waals surface area contributed by atoms with E-state index in [2.05, 4.69) is 47.9 Å². The lowest BCUT2D eigenvalue weighted by Gasteiger charge is -2.35. The maximum atomic E-state index is 5.64. The highest BCUT2D eigenvalue weighted by atomic mass is 16.5. The van der Waals surface area contributed by atoms with Crippen LogP contribution in [-0.4, -0.2) is 40.3 Å². The van der Waals surface area contributed by atoms with Gasteiger partial charge in [-0.2, -0.15) is 4.98 Å². The summed E-state index contributed by atoms with van der Waals surface area (Å²) in [6.45, 7) is 8.62. The zero-order valence-corrected chi connectivity index (χ0v) is 12.7. The number of morpholine rings is 1. The number of hydrogen-bond donors (Lipinski definition) is 0. The first-order valence-corrected chi connectivity index (χ1v) is 7.37. The molecule has 0 amide bonds. The van der Waals surface area contributed by atoms with Crippen molar-refractivity contribution >= 4 is 0 Å². The number of hydrogen-bond acceptors (Lipinski definition) is 5. The molecular formula is C16H21N3O2. The molecule has 1 fully saturated rings. The van der Waals surface area contributed by atoms with Crippen LogP contribution in [0.1, 0.15) is 25.3 Å². The van der Waals surface area contributed by atoms with Crippen molar-refractivity contribution in [2.45, 2.75) is 39.5 Å². The molecule has 0 radical (unpaired) electrons. The van der Waals surface area contributed by atoms with E-state index in [1.54, 1.807) is 0 Å². The molecule has 0 bridgehead atoms. The maximum Gasteiger partial charge on any atom is 0.241 e. The Hall–Kier alpha value is -1.72. The maximum absolute atomic E-state index is 5.64. The number of ether oxygens (including phenoxy) is 1. The van der Waals surface area contributed by atoms with Crippen LogP contribution >= 0.6 is 0 Å². The summed E-state index contributed by atoms with van der Waals surface area (Å²) in [4.78, 5) is 6.84. The minimum absolute atomic E-state index is 0.250. The molecule has 0 spiro atoms. The Morgan fingerprint density at radius 3 is 3.00 bits per heavy atom. The summed E-state index contributed by atoms with van der Waals surface area (Å²) in [7, 11) is 0. The summed E-state index contributed by atoms with van der Waals surface area (Å²) in [5.74, 6) is 1.31. The van der Waals surface area contributed by atoms with Crippen LogP contribution in [0.15, 0.2) is 28.8 Å². The number of aryl methyl sites for hydroxylation is 1. The molecule has 2 atom stereocenters. The molecular weight excluding hydrogens is 266 g/mol. The second-order valence-corrected chi connectivity index (χ2v) is 5.80. The predicted molar refractivity (Wildman–Crippen MR) is 79.8 cm³/mol. The molecule has 2 heterocycles. The number of nitrogens with zero attached hydrogens (tertiary/aromatic N) is 3. The fourth-order valence-electron chi connectivity index (χ4n) is 2.59. The molecule has 21 heavy (non-hydrogen) atoms. The minimum Gasteiger partial charge on any atom is -0.376 e. The molecule has 112 valence electrons. The van der Waals surface area contributed by atoms with E-state index in [0.717, 1.165) is 18.7 Å². The second-order valence-electron chi connectivity index (χ2n) is 5.80. The predicted octanol–water partition coefficient (Wildman–Crippen LogP) is 2.65. The van der Waals surface area contributed by atoms with Crippen LogP contribution in [0.2, 0.25) is 0 Å². The van der Waals surface area contributed by atoms with Crippen LogP contribution in [0.3, 0.4) is 0 Å². The van der Waals surface area contributed by atoms with Gasteiger partial charge in [0, 0.05) is 18.2 Å². The molecule has 1 aliphatic rings. The van der Waals surface area contributed by atoms with E-state index in [0.29, 0.717) is 24.3 Å². The Bertz CT molecular complexity index is 611. The van der Waals surface area contributed by atoms with Gasteiger partial charge in [-0.15, -0.1) is 0 Å². The first-order chi connectivity index (χ1) is 10.1. The van der Waals surface area contributed by atoms with Crippen molar-refractivity contribution in [1.82, 2.24) is 15.0 Å². The van der Waals surface area contributed by atoms with Crippen LogP contribution in [0.5, 0.6) is 0 Å². The van der Waals surface area contributed by atoms with Crippen molar-refractivity contribution < 1.29 is 9.26 Å². The molecule has 1 aliphatic heterocycles. The zero-order valence-electron chi connectivity index (χ0n) is 12.7. The molecule has 0 N–H and O–H groups in total. The highest BCUT2D eigenvalue weighted by Gasteiger charge is 2.25. The molecule has 0 unspecified atom stereocenters. The molecule has 0 aliphatic carbocycles. The second kappa shape index (κ2) is 5.95. The van der Waals surface area contributed by atoms with Gasteiger partial charge in [-0.05, 0) is 26.8 Å². The fourth-order valence-corrected chi connectivity index (χ4v) is 2.59. The van der Waals surface area contributed by atoms with E-state index in [-0.39, 0.29) is 6.10 Å². The Morgan fingerprint density at radius 2 is 2.19 bits per heavy atom. The van der Waals surface area contributed by atoms with Crippen molar-refractivity contribution in [3.05, 3.63) is 35.7 Å². The fraction of sp³-hybridized carbons (Fsp3) is 0.500. The van der Waals surface area contributed by atoms with Crippen molar-refractivity contribution in [1.29, 1.82) is 0 Å². The zero-order chi connectivity index (χ0) is 14.8. The van der Waals surface area contributed by atoms with Crippen molar-refractivity contribution in [3.63, 3.8) is 0 Å². The molecule has 1 aromatic carbocycles. The summed E-state index contributed by atoms with van der Waals surface area (Å²) in [6, 6.07) is 8.50. The topological polar surface area (TPSA) is 51.4 Å². The van der Waals surface area contributed by atoms with Crippen LogP contribution in [0.4, 0.5) is 0 Å². The van der Waals surface area contributed by atoms with E-state index in [1.165, 1.54) is 5.56 Å².